The number of benzene rings is 6. The molecule has 9 aromatic rings. The van der Waals surface area contributed by atoms with Gasteiger partial charge in [-0.25, -0.2) is 4.98 Å². The van der Waals surface area contributed by atoms with Gasteiger partial charge in [-0.2, -0.15) is 0 Å². The maximum absolute atomic E-state index is 6.62. The van der Waals surface area contributed by atoms with Crippen molar-refractivity contribution in [2.24, 2.45) is 0 Å². The number of rotatable bonds is 4. The lowest BCUT2D eigenvalue weighted by Crippen LogP contribution is -2.24. The minimum Gasteiger partial charge on any atom is -0.292 e. The Bertz CT molecular complexity index is 2580. The average Bonchev–Trinajstić information content (AvgIpc) is 3.51. The van der Waals surface area contributed by atoms with Crippen molar-refractivity contribution >= 4 is 83.0 Å². The van der Waals surface area contributed by atoms with Crippen molar-refractivity contribution in [3.63, 3.8) is 0 Å². The fourth-order valence-electron chi connectivity index (χ4n) is 6.69. The van der Waals surface area contributed by atoms with Crippen LogP contribution in [-0.4, -0.2) is 14.4 Å². The highest BCUT2D eigenvalue weighted by Gasteiger charge is 2.25. The molecule has 9 rings (SSSR count). The standard InChI is InChI=1S/C40H26N3PS/c45-44(30-11-3-1-4-12-30,31-13-5-2-6-14-31)32-20-21-36-28(24-32)23-29(26-41-36)27-19-22-39-37(25-27)42-40-35-17-8-7-15-33(35)34-16-9-10-18-38(34)43(39)40/h1-26H. The van der Waals surface area contributed by atoms with Gasteiger partial charge in [0, 0.05) is 34.0 Å². The summed E-state index contributed by atoms with van der Waals surface area (Å²) in [7, 11) is 0. The summed E-state index contributed by atoms with van der Waals surface area (Å²) in [4.78, 5) is 10.1. The molecule has 0 bridgehead atoms. The molecular formula is C40H26N3PS. The zero-order valence-corrected chi connectivity index (χ0v) is 25.9. The first-order valence-electron chi connectivity index (χ1n) is 15.0. The number of hydrogen-bond donors (Lipinski definition) is 0. The van der Waals surface area contributed by atoms with Gasteiger partial charge in [0.15, 0.2) is 0 Å². The zero-order chi connectivity index (χ0) is 30.0. The van der Waals surface area contributed by atoms with E-state index in [0.29, 0.717) is 0 Å². The van der Waals surface area contributed by atoms with Gasteiger partial charge in [-0.1, -0.05) is 127 Å². The van der Waals surface area contributed by atoms with Crippen LogP contribution in [0.2, 0.25) is 0 Å². The van der Waals surface area contributed by atoms with Gasteiger partial charge in [0.05, 0.1) is 22.1 Å². The Balaban J connectivity index is 1.21. The smallest absolute Gasteiger partial charge is 0.146 e. The highest BCUT2D eigenvalue weighted by molar-refractivity contribution is 8.25. The van der Waals surface area contributed by atoms with E-state index in [1.807, 2.05) is 6.20 Å². The molecule has 0 unspecified atom stereocenters. The molecule has 3 heterocycles. The Kier molecular flexibility index (Phi) is 5.96. The fraction of sp³-hybridized carbons (Fsp3) is 0. The van der Waals surface area contributed by atoms with Gasteiger partial charge in [-0.05, 0) is 63.3 Å². The number of hydrogen-bond acceptors (Lipinski definition) is 3. The Hall–Kier alpha value is -5.15. The van der Waals surface area contributed by atoms with E-state index in [4.69, 9.17) is 21.8 Å². The van der Waals surface area contributed by atoms with E-state index in [9.17, 15) is 0 Å². The SMILES string of the molecule is S=P(c1ccccc1)(c1ccccc1)c1ccc2ncc(-c3ccc4c(c3)nc3c5ccccc5c5ccccc5n43)cc2c1. The number of pyridine rings is 2. The van der Waals surface area contributed by atoms with Gasteiger partial charge in [0.1, 0.15) is 5.65 Å². The van der Waals surface area contributed by atoms with E-state index in [-0.39, 0.29) is 0 Å². The second-order valence-electron chi connectivity index (χ2n) is 11.4. The van der Waals surface area contributed by atoms with Crippen LogP contribution in [0.3, 0.4) is 0 Å². The molecule has 0 fully saturated rings. The van der Waals surface area contributed by atoms with Crippen LogP contribution in [0.1, 0.15) is 0 Å². The molecule has 0 radical (unpaired) electrons. The third kappa shape index (κ3) is 4.07. The first-order valence-corrected chi connectivity index (χ1v) is 17.8. The van der Waals surface area contributed by atoms with Crippen molar-refractivity contribution in [2.45, 2.75) is 0 Å². The number of nitrogens with zero attached hydrogens (tertiary/aromatic N) is 3. The minimum absolute atomic E-state index is 0.955. The summed E-state index contributed by atoms with van der Waals surface area (Å²) in [5.41, 5.74) is 7.30. The fourth-order valence-corrected chi connectivity index (χ4v) is 10.4. The van der Waals surface area contributed by atoms with E-state index >= 15 is 0 Å². The van der Waals surface area contributed by atoms with E-state index in [1.54, 1.807) is 0 Å². The van der Waals surface area contributed by atoms with Gasteiger partial charge in [-0.3, -0.25) is 9.38 Å². The Labute approximate surface area is 265 Å². The normalized spacial score (nSPS) is 12.1. The Morgan fingerprint density at radius 2 is 1.16 bits per heavy atom. The molecule has 45 heavy (non-hydrogen) atoms. The van der Waals surface area contributed by atoms with Gasteiger partial charge in [-0.15, -0.1) is 0 Å². The van der Waals surface area contributed by atoms with Gasteiger partial charge >= 0.3 is 0 Å². The van der Waals surface area contributed by atoms with Crippen LogP contribution in [0.4, 0.5) is 0 Å². The lowest BCUT2D eigenvalue weighted by Gasteiger charge is -2.24. The van der Waals surface area contributed by atoms with Crippen LogP contribution in [0.15, 0.2) is 158 Å². The first kappa shape index (κ1) is 26.3. The molecule has 0 aliphatic rings. The molecule has 0 spiro atoms. The van der Waals surface area contributed by atoms with E-state index in [1.165, 1.54) is 21.4 Å². The third-order valence-electron chi connectivity index (χ3n) is 8.86. The minimum atomic E-state index is -2.27. The van der Waals surface area contributed by atoms with Gasteiger partial charge in [0.25, 0.3) is 0 Å². The summed E-state index contributed by atoms with van der Waals surface area (Å²) in [6.45, 7) is 0. The molecule has 0 aliphatic carbocycles. The summed E-state index contributed by atoms with van der Waals surface area (Å²) in [6, 6.07) is 51.3. The first-order chi connectivity index (χ1) is 22.2. The second-order valence-corrected chi connectivity index (χ2v) is 15.8. The van der Waals surface area contributed by atoms with Crippen molar-refractivity contribution < 1.29 is 0 Å². The van der Waals surface area contributed by atoms with E-state index < -0.39 is 6.04 Å². The lowest BCUT2D eigenvalue weighted by molar-refractivity contribution is 1.31. The van der Waals surface area contributed by atoms with Crippen molar-refractivity contribution in [3.05, 3.63) is 158 Å². The zero-order valence-electron chi connectivity index (χ0n) is 24.2. The molecule has 6 aromatic carbocycles. The molecule has 0 amide bonds. The number of fused-ring (bicyclic) bond motifs is 9. The largest absolute Gasteiger partial charge is 0.292 e. The highest BCUT2D eigenvalue weighted by Crippen LogP contribution is 2.43. The topological polar surface area (TPSA) is 30.2 Å². The molecule has 5 heteroatoms. The average molecular weight is 612 g/mol. The molecule has 0 aliphatic heterocycles. The molecule has 3 nitrogen and oxygen atoms in total. The summed E-state index contributed by atoms with van der Waals surface area (Å²) in [5, 5.41) is 8.22. The molecule has 0 N–H and O–H groups in total. The summed E-state index contributed by atoms with van der Waals surface area (Å²) in [6.07, 6.45) is 1.97. The second kappa shape index (κ2) is 10.2. The van der Waals surface area contributed by atoms with Crippen LogP contribution in [-0.2, 0) is 11.8 Å². The Morgan fingerprint density at radius 1 is 0.489 bits per heavy atom. The highest BCUT2D eigenvalue weighted by atomic mass is 32.4. The number of imidazole rings is 1. The third-order valence-corrected chi connectivity index (χ3v) is 13.8. The molecule has 3 aromatic heterocycles. The summed E-state index contributed by atoms with van der Waals surface area (Å²) < 4.78 is 2.29. The molecule has 0 saturated heterocycles. The maximum Gasteiger partial charge on any atom is 0.146 e. The summed E-state index contributed by atoms with van der Waals surface area (Å²) in [5.74, 6) is 0. The van der Waals surface area contributed by atoms with E-state index in [2.05, 4.69) is 156 Å². The van der Waals surface area contributed by atoms with Crippen LogP contribution < -0.4 is 15.9 Å². The van der Waals surface area contributed by atoms with Crippen LogP contribution in [0.25, 0.3) is 60.4 Å². The Morgan fingerprint density at radius 3 is 1.91 bits per heavy atom. The van der Waals surface area contributed by atoms with Crippen LogP contribution in [0.5, 0.6) is 0 Å². The van der Waals surface area contributed by atoms with Gasteiger partial charge < -0.3 is 0 Å². The predicted octanol–water partition coefficient (Wildman–Crippen LogP) is 8.76. The van der Waals surface area contributed by atoms with E-state index in [0.717, 1.165) is 54.9 Å². The van der Waals surface area contributed by atoms with Crippen molar-refractivity contribution in [2.75, 3.05) is 0 Å². The molecule has 212 valence electrons. The molecular weight excluding hydrogens is 586 g/mol. The monoisotopic (exact) mass is 611 g/mol. The predicted molar refractivity (Wildman–Crippen MR) is 195 cm³/mol. The lowest BCUT2D eigenvalue weighted by atomic mass is 10.0. The molecule has 0 atom stereocenters. The van der Waals surface area contributed by atoms with Gasteiger partial charge in [0.2, 0.25) is 0 Å². The van der Waals surface area contributed by atoms with Crippen molar-refractivity contribution in [1.29, 1.82) is 0 Å². The summed E-state index contributed by atoms with van der Waals surface area (Å²) >= 11 is 6.62. The number of para-hydroxylation sites is 1. The van der Waals surface area contributed by atoms with Crippen LogP contribution >= 0.6 is 6.04 Å². The quantitative estimate of drug-likeness (QED) is 0.147. The number of aromatic nitrogens is 3. The van der Waals surface area contributed by atoms with Crippen molar-refractivity contribution in [1.82, 2.24) is 14.4 Å². The van der Waals surface area contributed by atoms with Crippen LogP contribution in [0, 0.1) is 0 Å². The maximum atomic E-state index is 6.62. The van der Waals surface area contributed by atoms with Crippen molar-refractivity contribution in [3.8, 4) is 11.1 Å². The molecule has 0 saturated carbocycles.